The molecule has 0 saturated heterocycles. The van der Waals surface area contributed by atoms with E-state index in [1.165, 1.54) is 84.7 Å². The maximum Gasteiger partial charge on any atom is 0.0737 e. The quantitative estimate of drug-likeness (QED) is 0.178. The van der Waals surface area contributed by atoms with Crippen LogP contribution in [0, 0.1) is 0 Å². The third-order valence-corrected chi connectivity index (χ3v) is 21.4. The van der Waals surface area contributed by atoms with Gasteiger partial charge in [0.15, 0.2) is 0 Å². The van der Waals surface area contributed by atoms with Gasteiger partial charge in [0, 0.05) is 112 Å². The molecule has 0 unspecified atom stereocenters. The first-order valence-corrected chi connectivity index (χ1v) is 31.3. The number of aromatic nitrogens is 4. The van der Waals surface area contributed by atoms with Crippen LogP contribution in [0.1, 0.15) is 22.8 Å². The van der Waals surface area contributed by atoms with E-state index in [2.05, 4.69) is 276 Å². The number of hydrogen-bond donors (Lipinski definition) is 2. The van der Waals surface area contributed by atoms with Crippen LogP contribution in [0.3, 0.4) is 0 Å². The number of nitrogens with one attached hydrogen (secondary N) is 2. The van der Waals surface area contributed by atoms with Crippen LogP contribution in [-0.4, -0.2) is 48.1 Å². The van der Waals surface area contributed by atoms with Gasteiger partial charge in [-0.3, -0.25) is 0 Å². The molecular formula is C72H50N8S4. The van der Waals surface area contributed by atoms with Crippen LogP contribution >= 0.6 is 47.0 Å². The van der Waals surface area contributed by atoms with Gasteiger partial charge in [0.05, 0.1) is 68.3 Å². The Morgan fingerprint density at radius 1 is 0.262 bits per heavy atom. The highest BCUT2D eigenvalue weighted by Gasteiger charge is 2.28. The number of nitrogens with zero attached hydrogens (tertiary/aromatic N) is 6. The van der Waals surface area contributed by atoms with Gasteiger partial charge in [-0.15, -0.1) is 0 Å². The van der Waals surface area contributed by atoms with Crippen molar-refractivity contribution in [3.8, 4) is 44.5 Å². The average Bonchev–Trinajstić information content (AvgIpc) is 2.59. The van der Waals surface area contributed by atoms with Crippen LogP contribution < -0.4 is 19.6 Å². The summed E-state index contributed by atoms with van der Waals surface area (Å²) in [6.45, 7) is 0. The molecule has 8 aromatic carbocycles. The fourth-order valence-corrected chi connectivity index (χ4v) is 17.6. The third-order valence-electron chi connectivity index (χ3n) is 17.0. The highest BCUT2D eigenvalue weighted by atomic mass is 32.2. The lowest BCUT2D eigenvalue weighted by Crippen LogP contribution is -2.14. The minimum absolute atomic E-state index is 0.873. The van der Waals surface area contributed by atoms with E-state index >= 15 is 0 Å². The maximum atomic E-state index is 5.77. The Balaban J connectivity index is 0.946. The van der Waals surface area contributed by atoms with E-state index in [1.54, 1.807) is 0 Å². The molecule has 3 aromatic heterocycles. The van der Waals surface area contributed by atoms with E-state index in [0.717, 1.165) is 89.4 Å². The second-order valence-electron chi connectivity index (χ2n) is 21.7. The van der Waals surface area contributed by atoms with E-state index in [0.29, 0.717) is 0 Å². The molecule has 2 N–H and O–H groups in total. The van der Waals surface area contributed by atoms with Crippen molar-refractivity contribution in [2.75, 3.05) is 47.8 Å². The van der Waals surface area contributed by atoms with Gasteiger partial charge in [0.25, 0.3) is 0 Å². The zero-order chi connectivity index (χ0) is 55.9. The summed E-state index contributed by atoms with van der Waals surface area (Å²) in [6.07, 6.45) is 8.83. The number of para-hydroxylation sites is 4. The Morgan fingerprint density at radius 3 is 0.738 bits per heavy atom. The van der Waals surface area contributed by atoms with Crippen molar-refractivity contribution < 1.29 is 0 Å². The number of rotatable bonds is 4. The number of benzene rings is 8. The largest absolute Gasteiger partial charge is 0.354 e. The van der Waals surface area contributed by atoms with Crippen molar-refractivity contribution in [3.63, 3.8) is 0 Å². The van der Waals surface area contributed by atoms with Crippen LogP contribution in [0.5, 0.6) is 0 Å². The molecule has 0 atom stereocenters. The number of hydrogen-bond acceptors (Lipinski definition) is 10. The van der Waals surface area contributed by atoms with Crippen molar-refractivity contribution >= 4 is 139 Å². The third kappa shape index (κ3) is 7.88. The molecule has 0 fully saturated rings. The average molecular weight is 1160 g/mol. The van der Waals surface area contributed by atoms with Crippen molar-refractivity contribution in [1.29, 1.82) is 0 Å². The lowest BCUT2D eigenvalue weighted by molar-refractivity contribution is 1.11. The smallest absolute Gasteiger partial charge is 0.0737 e. The first kappa shape index (κ1) is 49.6. The first-order valence-electron chi connectivity index (χ1n) is 28.0. The monoisotopic (exact) mass is 1150 g/mol. The molecule has 17 rings (SSSR count). The highest BCUT2D eigenvalue weighted by Crippen LogP contribution is 2.54. The summed E-state index contributed by atoms with van der Waals surface area (Å²) >= 11 is 7.28. The van der Waals surface area contributed by atoms with Gasteiger partial charge < -0.3 is 29.6 Å². The Morgan fingerprint density at radius 2 is 0.488 bits per heavy atom. The number of anilines is 8. The highest BCUT2D eigenvalue weighted by molar-refractivity contribution is 8.00. The van der Waals surface area contributed by atoms with Gasteiger partial charge in [-0.05, 0) is 168 Å². The van der Waals surface area contributed by atoms with Gasteiger partial charge >= 0.3 is 0 Å². The number of H-pyrrole nitrogens is 2. The van der Waals surface area contributed by atoms with Gasteiger partial charge in [-0.1, -0.05) is 120 Å². The molecule has 8 nitrogen and oxygen atoms in total. The molecule has 0 spiro atoms. The molecule has 84 heavy (non-hydrogen) atoms. The summed E-state index contributed by atoms with van der Waals surface area (Å²) in [5.41, 5.74) is 25.2. The lowest BCUT2D eigenvalue weighted by Gasteiger charge is -2.29. The zero-order valence-corrected chi connectivity index (χ0v) is 49.4. The van der Waals surface area contributed by atoms with E-state index in [4.69, 9.17) is 9.97 Å². The van der Waals surface area contributed by atoms with E-state index in [-0.39, 0.29) is 0 Å². The fraction of sp³-hybridized carbons (Fsp3) is 0.0556. The minimum Gasteiger partial charge on any atom is -0.354 e. The van der Waals surface area contributed by atoms with Crippen LogP contribution in [0.2, 0.25) is 0 Å². The molecule has 9 heterocycles. The van der Waals surface area contributed by atoms with Crippen molar-refractivity contribution in [1.82, 2.24) is 19.9 Å². The Hall–Kier alpha value is -9.04. The summed E-state index contributed by atoms with van der Waals surface area (Å²) in [4.78, 5) is 38.6. The van der Waals surface area contributed by atoms with Crippen LogP contribution in [-0.2, 0) is 0 Å². The molecular weight excluding hydrogens is 1110 g/mol. The second kappa shape index (κ2) is 19.3. The van der Waals surface area contributed by atoms with E-state index < -0.39 is 0 Å². The molecule has 0 saturated carbocycles. The normalized spacial score (nSPS) is 14.0. The van der Waals surface area contributed by atoms with Crippen molar-refractivity contribution in [3.05, 3.63) is 217 Å². The summed E-state index contributed by atoms with van der Waals surface area (Å²) in [6, 6.07) is 71.1. The Kier molecular flexibility index (Phi) is 11.4. The van der Waals surface area contributed by atoms with Crippen LogP contribution in [0.25, 0.3) is 90.9 Å². The van der Waals surface area contributed by atoms with Gasteiger partial charge in [0.2, 0.25) is 0 Å². The molecule has 6 aliphatic heterocycles. The SMILES string of the molecule is CN1c2ccccc2Sc2cc(-c3c4nc(c(-c5ccc6c(c5)Sc5ccccc5N6C)c5ccc([nH]5)c(-c5ccc6c(c5)Sc5ccccc5N6C)c5nc(c(-c6ccc7c(c6)Sc6ccccc6N7C)c6ccc3[nH]6)C=C5)C=C4)ccc21. The molecule has 0 aliphatic carbocycles. The number of fused-ring (bicyclic) bond motifs is 16. The van der Waals surface area contributed by atoms with Crippen molar-refractivity contribution in [2.24, 2.45) is 0 Å². The fourth-order valence-electron chi connectivity index (χ4n) is 12.8. The Bertz CT molecular complexity index is 4320. The Labute approximate surface area is 503 Å². The van der Waals surface area contributed by atoms with Crippen LogP contribution in [0.15, 0.2) is 233 Å². The lowest BCUT2D eigenvalue weighted by atomic mass is 10.0. The molecule has 402 valence electrons. The zero-order valence-electron chi connectivity index (χ0n) is 46.1. The summed E-state index contributed by atoms with van der Waals surface area (Å²) in [5.74, 6) is 0. The van der Waals surface area contributed by atoms with E-state index in [9.17, 15) is 0 Å². The second-order valence-corrected chi connectivity index (χ2v) is 26.1. The first-order chi connectivity index (χ1) is 41.2. The standard InChI is InChI=1S/C72H50N8S4/c1-77-53-13-5-9-17-61(53)81-65-37-41(21-33-57(65)77)69-45-25-27-47(73-45)70(42-22-34-58-66(38-42)82-62-18-10-6-14-54(62)78(58)2)49-29-31-51(75-49)72(44-24-36-60-68(40-44)84-64-20-12-8-16-56(64)80(60)4)52-32-30-50(76-52)71(48-28-26-46(69)74-48)43-23-35-59-67(39-43)83-63-19-11-7-15-55(63)79(59)3/h5-40,73,76H,1-4H3. The molecule has 11 aromatic rings. The molecule has 12 heteroatoms. The van der Waals surface area contributed by atoms with E-state index in [1.807, 2.05) is 47.0 Å². The van der Waals surface area contributed by atoms with Gasteiger partial charge in [-0.2, -0.15) is 0 Å². The topological polar surface area (TPSA) is 70.3 Å². The van der Waals surface area contributed by atoms with Gasteiger partial charge in [0.1, 0.15) is 0 Å². The number of aromatic amines is 2. The summed E-state index contributed by atoms with van der Waals surface area (Å²) in [7, 11) is 8.66. The predicted octanol–water partition coefficient (Wildman–Crippen LogP) is 20.3. The van der Waals surface area contributed by atoms with Crippen LogP contribution in [0.4, 0.5) is 45.5 Å². The minimum atomic E-state index is 0.873. The maximum absolute atomic E-state index is 5.77. The molecule has 8 bridgehead atoms. The summed E-state index contributed by atoms with van der Waals surface area (Å²) < 4.78 is 0. The summed E-state index contributed by atoms with van der Waals surface area (Å²) in [5, 5.41) is 0. The predicted molar refractivity (Wildman–Crippen MR) is 355 cm³/mol. The molecule has 6 aliphatic rings. The van der Waals surface area contributed by atoms with Gasteiger partial charge in [-0.25, -0.2) is 9.97 Å². The molecule has 0 radical (unpaired) electrons. The van der Waals surface area contributed by atoms with Crippen molar-refractivity contribution in [2.45, 2.75) is 39.2 Å². The molecule has 0 amide bonds.